The Kier molecular flexibility index (Phi) is 4.15. The van der Waals surface area contributed by atoms with Crippen LogP contribution in [-0.2, 0) is 11.2 Å². The zero-order valence-electron chi connectivity index (χ0n) is 9.17. The van der Waals surface area contributed by atoms with Crippen LogP contribution in [0.3, 0.4) is 0 Å². The lowest BCUT2D eigenvalue weighted by Gasteiger charge is -2.01. The average Bonchev–Trinajstić information content (AvgIpc) is 2.83. The van der Waals surface area contributed by atoms with Crippen molar-refractivity contribution < 1.29 is 4.79 Å². The van der Waals surface area contributed by atoms with Crippen molar-refractivity contribution in [2.24, 2.45) is 0 Å². The lowest BCUT2D eigenvalue weighted by molar-refractivity contribution is -0.116. The molecule has 0 aliphatic heterocycles. The lowest BCUT2D eigenvalue weighted by Crippen LogP contribution is -2.10. The first-order valence-corrected chi connectivity index (χ1v) is 6.09. The van der Waals surface area contributed by atoms with E-state index < -0.39 is 0 Å². The smallest absolute Gasteiger partial charge is 0.225 e. The number of pyridine rings is 1. The number of aryl methyl sites for hydroxylation is 1. The minimum absolute atomic E-state index is 0.00742. The Morgan fingerprint density at radius 2 is 2.35 bits per heavy atom. The molecule has 2 aromatic rings. The maximum Gasteiger partial charge on any atom is 0.225 e. The van der Waals surface area contributed by atoms with E-state index in [1.165, 1.54) is 11.5 Å². The average molecular weight is 248 g/mol. The van der Waals surface area contributed by atoms with E-state index in [4.69, 9.17) is 0 Å². The van der Waals surface area contributed by atoms with Gasteiger partial charge in [-0.3, -0.25) is 9.78 Å². The van der Waals surface area contributed by atoms with Crippen LogP contribution in [-0.4, -0.2) is 20.5 Å². The Bertz CT molecular complexity index is 458. The molecule has 6 heteroatoms. The van der Waals surface area contributed by atoms with Crippen LogP contribution in [0.4, 0.5) is 5.00 Å². The zero-order valence-corrected chi connectivity index (χ0v) is 9.98. The summed E-state index contributed by atoms with van der Waals surface area (Å²) in [6, 6.07) is 5.80. The number of hydrogen-bond acceptors (Lipinski definition) is 5. The molecule has 0 aliphatic rings. The van der Waals surface area contributed by atoms with Gasteiger partial charge in [-0.15, -0.1) is 5.10 Å². The summed E-state index contributed by atoms with van der Waals surface area (Å²) in [5, 5.41) is 7.08. The Morgan fingerprint density at radius 3 is 3.06 bits per heavy atom. The van der Waals surface area contributed by atoms with Gasteiger partial charge in [-0.25, -0.2) is 0 Å². The quantitative estimate of drug-likeness (QED) is 0.877. The third-order valence-electron chi connectivity index (χ3n) is 2.19. The van der Waals surface area contributed by atoms with E-state index in [2.05, 4.69) is 19.9 Å². The summed E-state index contributed by atoms with van der Waals surface area (Å²) in [6.07, 6.45) is 5.39. The van der Waals surface area contributed by atoms with Gasteiger partial charge in [0.25, 0.3) is 0 Å². The minimum atomic E-state index is -0.00742. The number of hydrogen-bond donors (Lipinski definition) is 1. The number of carbonyl (C=O) groups excluding carboxylic acids is 1. The van der Waals surface area contributed by atoms with Gasteiger partial charge in [-0.1, -0.05) is 10.6 Å². The largest absolute Gasteiger partial charge is 0.315 e. The molecule has 17 heavy (non-hydrogen) atoms. The van der Waals surface area contributed by atoms with Crippen molar-refractivity contribution in [3.8, 4) is 0 Å². The van der Waals surface area contributed by atoms with E-state index in [0.717, 1.165) is 18.5 Å². The lowest BCUT2D eigenvalue weighted by atomic mass is 10.2. The molecule has 2 rings (SSSR count). The Morgan fingerprint density at radius 1 is 1.41 bits per heavy atom. The van der Waals surface area contributed by atoms with E-state index in [1.807, 2.05) is 18.2 Å². The normalized spacial score (nSPS) is 10.1. The van der Waals surface area contributed by atoms with E-state index in [0.29, 0.717) is 11.4 Å². The fraction of sp³-hybridized carbons (Fsp3) is 0.273. The second kappa shape index (κ2) is 6.05. The van der Waals surface area contributed by atoms with Crippen molar-refractivity contribution in [2.45, 2.75) is 19.3 Å². The molecule has 0 spiro atoms. The summed E-state index contributed by atoms with van der Waals surface area (Å²) >= 11 is 1.18. The maximum absolute atomic E-state index is 11.5. The Balaban J connectivity index is 1.70. The molecule has 0 atom stereocenters. The van der Waals surface area contributed by atoms with Gasteiger partial charge in [0.2, 0.25) is 5.91 Å². The van der Waals surface area contributed by atoms with Crippen molar-refractivity contribution in [3.63, 3.8) is 0 Å². The third-order valence-corrected chi connectivity index (χ3v) is 2.77. The van der Waals surface area contributed by atoms with Gasteiger partial charge in [0.1, 0.15) is 5.00 Å². The number of nitrogens with zero attached hydrogens (tertiary/aromatic N) is 3. The molecule has 88 valence electrons. The van der Waals surface area contributed by atoms with Crippen LogP contribution >= 0.6 is 11.5 Å². The first-order valence-electron chi connectivity index (χ1n) is 5.32. The first-order chi connectivity index (χ1) is 8.34. The molecule has 1 N–H and O–H groups in total. The zero-order chi connectivity index (χ0) is 11.9. The molecule has 0 fully saturated rings. The highest BCUT2D eigenvalue weighted by Gasteiger charge is 2.04. The van der Waals surface area contributed by atoms with E-state index in [-0.39, 0.29) is 5.91 Å². The van der Waals surface area contributed by atoms with Gasteiger partial charge in [0.15, 0.2) is 0 Å². The van der Waals surface area contributed by atoms with Crippen LogP contribution < -0.4 is 5.32 Å². The number of nitrogens with one attached hydrogen (secondary N) is 1. The summed E-state index contributed by atoms with van der Waals surface area (Å²) in [4.78, 5) is 15.7. The van der Waals surface area contributed by atoms with Gasteiger partial charge in [0.05, 0.1) is 6.20 Å². The van der Waals surface area contributed by atoms with Crippen molar-refractivity contribution in [1.82, 2.24) is 14.6 Å². The molecule has 0 bridgehead atoms. The molecule has 5 nitrogen and oxygen atoms in total. The topological polar surface area (TPSA) is 67.8 Å². The summed E-state index contributed by atoms with van der Waals surface area (Å²) in [7, 11) is 0. The number of amides is 1. The molecule has 1 amide bonds. The van der Waals surface area contributed by atoms with E-state index in [9.17, 15) is 4.79 Å². The highest BCUT2D eigenvalue weighted by molar-refractivity contribution is 7.10. The predicted molar refractivity (Wildman–Crippen MR) is 65.7 cm³/mol. The van der Waals surface area contributed by atoms with Gasteiger partial charge < -0.3 is 5.32 Å². The van der Waals surface area contributed by atoms with Crippen molar-refractivity contribution in [2.75, 3.05) is 5.32 Å². The van der Waals surface area contributed by atoms with Crippen LogP contribution in [0.15, 0.2) is 30.6 Å². The van der Waals surface area contributed by atoms with E-state index >= 15 is 0 Å². The summed E-state index contributed by atoms with van der Waals surface area (Å²) in [5.74, 6) is -0.00742. The van der Waals surface area contributed by atoms with Crippen molar-refractivity contribution in [3.05, 3.63) is 36.3 Å². The molecule has 0 radical (unpaired) electrons. The number of rotatable bonds is 5. The molecule has 0 unspecified atom stereocenters. The molecular formula is C11H12N4OS. The van der Waals surface area contributed by atoms with Gasteiger partial charge in [-0.2, -0.15) is 0 Å². The summed E-state index contributed by atoms with van der Waals surface area (Å²) in [6.45, 7) is 0. The highest BCUT2D eigenvalue weighted by Crippen LogP contribution is 2.10. The molecule has 0 saturated carbocycles. The van der Waals surface area contributed by atoms with Crippen LogP contribution in [0.2, 0.25) is 0 Å². The monoisotopic (exact) mass is 248 g/mol. The van der Waals surface area contributed by atoms with E-state index in [1.54, 1.807) is 12.4 Å². The molecule has 2 heterocycles. The molecule has 0 aliphatic carbocycles. The van der Waals surface area contributed by atoms with Crippen LogP contribution in [0.25, 0.3) is 0 Å². The third kappa shape index (κ3) is 3.92. The van der Waals surface area contributed by atoms with Gasteiger partial charge in [0, 0.05) is 29.8 Å². The SMILES string of the molecule is O=C(CCCc1ccccn1)Nc1cnns1. The van der Waals surface area contributed by atoms with Crippen molar-refractivity contribution in [1.29, 1.82) is 0 Å². The minimum Gasteiger partial charge on any atom is -0.315 e. The number of anilines is 1. The van der Waals surface area contributed by atoms with Gasteiger partial charge >= 0.3 is 0 Å². The Labute approximate surface area is 103 Å². The maximum atomic E-state index is 11.5. The fourth-order valence-corrected chi connectivity index (χ4v) is 1.83. The molecule has 2 aromatic heterocycles. The number of carbonyl (C=O) groups is 1. The summed E-state index contributed by atoms with van der Waals surface area (Å²) in [5.41, 5.74) is 1.01. The molecule has 0 saturated heterocycles. The predicted octanol–water partition coefficient (Wildman–Crippen LogP) is 1.89. The fourth-order valence-electron chi connectivity index (χ4n) is 1.40. The number of aromatic nitrogens is 3. The second-order valence-electron chi connectivity index (χ2n) is 3.50. The first kappa shape index (κ1) is 11.7. The standard InChI is InChI=1S/C11H12N4OS/c16-10(14-11-8-13-15-17-11)6-3-5-9-4-1-2-7-12-9/h1-2,4,7-8H,3,5-6H2,(H,14,16). The molecular weight excluding hydrogens is 236 g/mol. The van der Waals surface area contributed by atoms with Crippen LogP contribution in [0.5, 0.6) is 0 Å². The Hall–Kier alpha value is -1.82. The summed E-state index contributed by atoms with van der Waals surface area (Å²) < 4.78 is 3.67. The van der Waals surface area contributed by atoms with Crippen molar-refractivity contribution >= 4 is 22.4 Å². The van der Waals surface area contributed by atoms with Crippen LogP contribution in [0.1, 0.15) is 18.5 Å². The second-order valence-corrected chi connectivity index (χ2v) is 4.29. The van der Waals surface area contributed by atoms with Gasteiger partial charge in [-0.05, 0) is 25.0 Å². The van der Waals surface area contributed by atoms with Crippen LogP contribution in [0, 0.1) is 0 Å². The molecule has 0 aromatic carbocycles. The highest BCUT2D eigenvalue weighted by atomic mass is 32.1.